The SMILES string of the molecule is C=C1C=C2C=C[C@H](C)[C@H](C/C=C3\C[C@@H](O)CC(C)O3)[C@@]2(C)C2(CC2)C1. The van der Waals surface area contributed by atoms with E-state index < -0.39 is 0 Å². The fraction of sp³-hybridized carbons (Fsp3) is 0.652. The quantitative estimate of drug-likeness (QED) is 0.737. The van der Waals surface area contributed by atoms with Gasteiger partial charge in [-0.3, -0.25) is 0 Å². The van der Waals surface area contributed by atoms with Crippen molar-refractivity contribution in [2.24, 2.45) is 22.7 Å². The number of hydrogen-bond donors (Lipinski definition) is 1. The predicted octanol–water partition coefficient (Wildman–Crippen LogP) is 5.32. The molecule has 1 N–H and O–H groups in total. The van der Waals surface area contributed by atoms with Crippen molar-refractivity contribution in [2.45, 2.75) is 71.5 Å². The highest BCUT2D eigenvalue weighted by molar-refractivity contribution is 5.46. The Hall–Kier alpha value is -1.28. The van der Waals surface area contributed by atoms with Crippen LogP contribution in [-0.2, 0) is 4.74 Å². The summed E-state index contributed by atoms with van der Waals surface area (Å²) in [6.45, 7) is 11.2. The van der Waals surface area contributed by atoms with E-state index >= 15 is 0 Å². The number of ether oxygens (including phenoxy) is 1. The molecule has 0 aromatic heterocycles. The van der Waals surface area contributed by atoms with Crippen LogP contribution in [0.15, 0.2) is 47.8 Å². The first-order valence-corrected chi connectivity index (χ1v) is 9.96. The molecule has 1 saturated carbocycles. The van der Waals surface area contributed by atoms with Crippen molar-refractivity contribution in [3.05, 3.63) is 47.8 Å². The molecule has 2 fully saturated rings. The molecule has 1 aliphatic heterocycles. The molecule has 2 nitrogen and oxygen atoms in total. The van der Waals surface area contributed by atoms with Gasteiger partial charge in [0.15, 0.2) is 0 Å². The van der Waals surface area contributed by atoms with Gasteiger partial charge in [-0.1, -0.05) is 44.2 Å². The number of aliphatic hydroxyl groups excluding tert-OH is 1. The highest BCUT2D eigenvalue weighted by Crippen LogP contribution is 2.71. The minimum absolute atomic E-state index is 0.123. The summed E-state index contributed by atoms with van der Waals surface area (Å²) < 4.78 is 5.99. The van der Waals surface area contributed by atoms with Gasteiger partial charge in [0.2, 0.25) is 0 Å². The summed E-state index contributed by atoms with van der Waals surface area (Å²) in [7, 11) is 0. The number of fused-ring (bicyclic) bond motifs is 2. The standard InChI is InChI=1S/C23H32O2/c1-15-11-18-6-5-16(2)21(22(18,4)23(14-15)9-10-23)8-7-20-13-19(24)12-17(3)25-20/h5-7,11,16-17,19,21,24H,1,8-10,12-14H2,2-4H3/b20-7+/t16-,17?,19-,21-,22-/m0/s1. The largest absolute Gasteiger partial charge is 0.495 e. The lowest BCUT2D eigenvalue weighted by Gasteiger charge is -2.52. The molecule has 0 aromatic rings. The zero-order valence-electron chi connectivity index (χ0n) is 15.9. The maximum absolute atomic E-state index is 10.0. The molecule has 2 heteroatoms. The number of rotatable bonds is 2. The third-order valence-corrected chi connectivity index (χ3v) is 7.43. The van der Waals surface area contributed by atoms with Crippen molar-refractivity contribution in [3.8, 4) is 0 Å². The van der Waals surface area contributed by atoms with Gasteiger partial charge >= 0.3 is 0 Å². The molecule has 136 valence electrons. The number of aliphatic hydroxyl groups is 1. The monoisotopic (exact) mass is 340 g/mol. The van der Waals surface area contributed by atoms with Crippen LogP contribution in [0.2, 0.25) is 0 Å². The molecular formula is C23H32O2. The van der Waals surface area contributed by atoms with Gasteiger partial charge in [-0.2, -0.15) is 0 Å². The van der Waals surface area contributed by atoms with Crippen molar-refractivity contribution >= 4 is 0 Å². The van der Waals surface area contributed by atoms with Gasteiger partial charge in [0.05, 0.1) is 18.0 Å². The molecule has 1 heterocycles. The maximum Gasteiger partial charge on any atom is 0.0979 e. The second kappa shape index (κ2) is 5.87. The Labute approximate surface area is 152 Å². The van der Waals surface area contributed by atoms with Gasteiger partial charge in [-0.15, -0.1) is 0 Å². The fourth-order valence-corrected chi connectivity index (χ4v) is 5.83. The lowest BCUT2D eigenvalue weighted by Crippen LogP contribution is -2.44. The van der Waals surface area contributed by atoms with E-state index in [9.17, 15) is 5.11 Å². The maximum atomic E-state index is 10.0. The molecule has 0 bridgehead atoms. The van der Waals surface area contributed by atoms with Crippen LogP contribution >= 0.6 is 0 Å². The van der Waals surface area contributed by atoms with Crippen LogP contribution in [0.1, 0.15) is 59.3 Å². The Bertz CT molecular complexity index is 652. The zero-order valence-corrected chi connectivity index (χ0v) is 15.9. The average molecular weight is 341 g/mol. The van der Waals surface area contributed by atoms with Crippen LogP contribution in [-0.4, -0.2) is 17.3 Å². The van der Waals surface area contributed by atoms with Crippen LogP contribution in [0.4, 0.5) is 0 Å². The lowest BCUT2D eigenvalue weighted by atomic mass is 9.51. The van der Waals surface area contributed by atoms with Crippen molar-refractivity contribution in [1.82, 2.24) is 0 Å². The molecule has 1 saturated heterocycles. The van der Waals surface area contributed by atoms with Crippen molar-refractivity contribution in [1.29, 1.82) is 0 Å². The first-order valence-electron chi connectivity index (χ1n) is 9.96. The molecule has 0 radical (unpaired) electrons. The van der Waals surface area contributed by atoms with E-state index in [0.717, 1.165) is 25.0 Å². The summed E-state index contributed by atoms with van der Waals surface area (Å²) in [6, 6.07) is 0. The van der Waals surface area contributed by atoms with Gasteiger partial charge in [0.25, 0.3) is 0 Å². The van der Waals surface area contributed by atoms with E-state index in [-0.39, 0.29) is 17.6 Å². The average Bonchev–Trinajstić information content (AvgIpc) is 3.29. The Morgan fingerprint density at radius 2 is 2.12 bits per heavy atom. The van der Waals surface area contributed by atoms with E-state index in [2.05, 4.69) is 51.7 Å². The number of hydrogen-bond acceptors (Lipinski definition) is 2. The van der Waals surface area contributed by atoms with Crippen molar-refractivity contribution < 1.29 is 9.84 Å². The minimum Gasteiger partial charge on any atom is -0.495 e. The summed E-state index contributed by atoms with van der Waals surface area (Å²) in [6.07, 6.45) is 15.5. The van der Waals surface area contributed by atoms with E-state index in [0.29, 0.717) is 23.7 Å². The van der Waals surface area contributed by atoms with Gasteiger partial charge in [-0.05, 0) is 61.5 Å². The summed E-state index contributed by atoms with van der Waals surface area (Å²) in [5.74, 6) is 2.14. The van der Waals surface area contributed by atoms with Crippen molar-refractivity contribution in [2.75, 3.05) is 0 Å². The van der Waals surface area contributed by atoms with Gasteiger partial charge < -0.3 is 9.84 Å². The molecule has 4 aliphatic rings. The first-order chi connectivity index (χ1) is 11.8. The lowest BCUT2D eigenvalue weighted by molar-refractivity contribution is 0.00908. The molecule has 5 atom stereocenters. The van der Waals surface area contributed by atoms with Gasteiger partial charge in [0, 0.05) is 18.3 Å². The van der Waals surface area contributed by atoms with Crippen LogP contribution in [0.25, 0.3) is 0 Å². The van der Waals surface area contributed by atoms with E-state index in [1.54, 1.807) is 0 Å². The molecule has 4 rings (SSSR count). The third-order valence-electron chi connectivity index (χ3n) is 7.43. The normalized spacial score (nSPS) is 43.6. The Morgan fingerprint density at radius 3 is 2.80 bits per heavy atom. The molecule has 0 aromatic carbocycles. The summed E-state index contributed by atoms with van der Waals surface area (Å²) in [5, 5.41) is 10.0. The second-order valence-corrected chi connectivity index (χ2v) is 9.17. The van der Waals surface area contributed by atoms with Gasteiger partial charge in [-0.25, -0.2) is 0 Å². The highest BCUT2D eigenvalue weighted by Gasteiger charge is 2.62. The summed E-state index contributed by atoms with van der Waals surface area (Å²) >= 11 is 0. The fourth-order valence-electron chi connectivity index (χ4n) is 5.83. The smallest absolute Gasteiger partial charge is 0.0979 e. The zero-order chi connectivity index (χ0) is 17.8. The van der Waals surface area contributed by atoms with Crippen LogP contribution in [0.5, 0.6) is 0 Å². The molecule has 3 aliphatic carbocycles. The first kappa shape index (κ1) is 17.1. The van der Waals surface area contributed by atoms with E-state index in [4.69, 9.17) is 4.74 Å². The summed E-state index contributed by atoms with van der Waals surface area (Å²) in [4.78, 5) is 0. The third kappa shape index (κ3) is 2.73. The van der Waals surface area contributed by atoms with Crippen LogP contribution < -0.4 is 0 Å². The van der Waals surface area contributed by atoms with Crippen LogP contribution in [0, 0.1) is 22.7 Å². The summed E-state index contributed by atoms with van der Waals surface area (Å²) in [5.41, 5.74) is 3.45. The van der Waals surface area contributed by atoms with Crippen molar-refractivity contribution in [3.63, 3.8) is 0 Å². The number of allylic oxidation sites excluding steroid dienone is 6. The molecule has 1 spiro atoms. The predicted molar refractivity (Wildman–Crippen MR) is 102 cm³/mol. The Kier molecular flexibility index (Phi) is 4.03. The highest BCUT2D eigenvalue weighted by atomic mass is 16.5. The van der Waals surface area contributed by atoms with E-state index in [1.807, 2.05) is 0 Å². The molecular weight excluding hydrogens is 308 g/mol. The Balaban J connectivity index is 1.63. The van der Waals surface area contributed by atoms with Gasteiger partial charge in [0.1, 0.15) is 0 Å². The van der Waals surface area contributed by atoms with Crippen LogP contribution in [0.3, 0.4) is 0 Å². The molecule has 25 heavy (non-hydrogen) atoms. The minimum atomic E-state index is -0.252. The molecule has 1 unspecified atom stereocenters. The second-order valence-electron chi connectivity index (χ2n) is 9.17. The molecule has 0 amide bonds. The topological polar surface area (TPSA) is 29.5 Å². The Morgan fingerprint density at radius 1 is 1.36 bits per heavy atom. The van der Waals surface area contributed by atoms with E-state index in [1.165, 1.54) is 24.0 Å².